The van der Waals surface area contributed by atoms with Gasteiger partial charge in [0.25, 0.3) is 0 Å². The summed E-state index contributed by atoms with van der Waals surface area (Å²) in [7, 11) is 0. The Morgan fingerprint density at radius 1 is 1.44 bits per heavy atom. The van der Waals surface area contributed by atoms with Crippen LogP contribution in [0.4, 0.5) is 5.69 Å². The quantitative estimate of drug-likeness (QED) is 0.766. The lowest BCUT2D eigenvalue weighted by Gasteiger charge is -2.18. The fourth-order valence-corrected chi connectivity index (χ4v) is 3.12. The van der Waals surface area contributed by atoms with E-state index in [1.54, 1.807) is 11.8 Å². The molecule has 1 atom stereocenters. The van der Waals surface area contributed by atoms with Crippen LogP contribution in [0.5, 0.6) is 0 Å². The molecule has 0 aromatic heterocycles. The van der Waals surface area contributed by atoms with E-state index in [2.05, 4.69) is 34.1 Å². The monoisotopic (exact) mass is 263 g/mol. The molecule has 4 nitrogen and oxygen atoms in total. The first-order valence-corrected chi connectivity index (χ1v) is 7.29. The van der Waals surface area contributed by atoms with Gasteiger partial charge in [-0.1, -0.05) is 6.07 Å². The highest BCUT2D eigenvalue weighted by atomic mass is 32.2. The molecule has 0 bridgehead atoms. The normalized spacial score (nSPS) is 22.7. The molecule has 1 aromatic rings. The second-order valence-corrected chi connectivity index (χ2v) is 5.76. The van der Waals surface area contributed by atoms with Gasteiger partial charge in [0.15, 0.2) is 0 Å². The number of nitrogens with one attached hydrogen (secondary N) is 3. The Bertz CT molecular complexity index is 458. The number of hydrogen-bond donors (Lipinski definition) is 3. The van der Waals surface area contributed by atoms with Gasteiger partial charge in [0.05, 0.1) is 11.4 Å². The van der Waals surface area contributed by atoms with Gasteiger partial charge in [-0.25, -0.2) is 0 Å². The van der Waals surface area contributed by atoms with Crippen molar-refractivity contribution in [2.24, 2.45) is 0 Å². The second-order valence-electron chi connectivity index (χ2n) is 4.74. The van der Waals surface area contributed by atoms with Crippen LogP contribution in [-0.4, -0.2) is 30.8 Å². The van der Waals surface area contributed by atoms with Crippen molar-refractivity contribution in [2.75, 3.05) is 24.2 Å². The maximum Gasteiger partial charge on any atom is 0.234 e. The minimum absolute atomic E-state index is 0.0950. The van der Waals surface area contributed by atoms with E-state index in [1.807, 2.05) is 0 Å². The molecule has 0 spiro atoms. The first-order valence-electron chi connectivity index (χ1n) is 6.31. The Balaban J connectivity index is 1.65. The van der Waals surface area contributed by atoms with Crippen molar-refractivity contribution in [1.82, 2.24) is 10.6 Å². The molecule has 1 saturated heterocycles. The summed E-state index contributed by atoms with van der Waals surface area (Å²) in [6, 6.07) is 6.89. The van der Waals surface area contributed by atoms with Gasteiger partial charge in [-0.3, -0.25) is 4.79 Å². The van der Waals surface area contributed by atoms with E-state index in [0.717, 1.165) is 25.3 Å². The van der Waals surface area contributed by atoms with Gasteiger partial charge in [-0.2, -0.15) is 0 Å². The lowest BCUT2D eigenvalue weighted by molar-refractivity contribution is -0.113. The van der Waals surface area contributed by atoms with Gasteiger partial charge in [0, 0.05) is 24.0 Å². The number of hydrogen-bond acceptors (Lipinski definition) is 4. The molecule has 2 heterocycles. The zero-order valence-electron chi connectivity index (χ0n) is 10.2. The minimum Gasteiger partial charge on any atom is -0.324 e. The van der Waals surface area contributed by atoms with Crippen LogP contribution in [0.15, 0.2) is 23.1 Å². The highest BCUT2D eigenvalue weighted by molar-refractivity contribution is 8.00. The number of carbonyl (C=O) groups excluding carboxylic acids is 1. The van der Waals surface area contributed by atoms with Crippen LogP contribution >= 0.6 is 11.8 Å². The third-order valence-electron chi connectivity index (χ3n) is 3.33. The van der Waals surface area contributed by atoms with Crippen molar-refractivity contribution in [3.63, 3.8) is 0 Å². The first-order chi connectivity index (χ1) is 8.81. The van der Waals surface area contributed by atoms with Crippen LogP contribution in [0.3, 0.4) is 0 Å². The summed E-state index contributed by atoms with van der Waals surface area (Å²) in [4.78, 5) is 12.5. The van der Waals surface area contributed by atoms with E-state index in [9.17, 15) is 4.79 Å². The van der Waals surface area contributed by atoms with E-state index in [-0.39, 0.29) is 5.91 Å². The molecule has 0 aliphatic carbocycles. The smallest absolute Gasteiger partial charge is 0.234 e. The topological polar surface area (TPSA) is 53.2 Å². The molecule has 96 valence electrons. The van der Waals surface area contributed by atoms with Crippen LogP contribution in [0.25, 0.3) is 0 Å². The lowest BCUT2D eigenvalue weighted by Crippen LogP contribution is -2.30. The number of carbonyl (C=O) groups is 1. The van der Waals surface area contributed by atoms with E-state index in [1.165, 1.54) is 16.9 Å². The Morgan fingerprint density at radius 3 is 3.22 bits per heavy atom. The largest absolute Gasteiger partial charge is 0.324 e. The van der Waals surface area contributed by atoms with Gasteiger partial charge in [-0.05, 0) is 30.7 Å². The zero-order chi connectivity index (χ0) is 12.4. The van der Waals surface area contributed by atoms with Crippen molar-refractivity contribution >= 4 is 23.4 Å². The number of amides is 1. The lowest BCUT2D eigenvalue weighted by atomic mass is 10.1. The second kappa shape index (κ2) is 5.30. The Hall–Kier alpha value is -1.04. The van der Waals surface area contributed by atoms with E-state index >= 15 is 0 Å². The van der Waals surface area contributed by atoms with Crippen molar-refractivity contribution < 1.29 is 4.79 Å². The fraction of sp³-hybridized carbons (Fsp3) is 0.462. The standard InChI is InChI=1S/C13H17N3OS/c17-13-8-18-12-2-1-9(5-11(12)16-13)6-15-10-3-4-14-7-10/h1-2,5,10,14-15H,3-4,6-8H2,(H,16,17). The SMILES string of the molecule is O=C1CSc2ccc(CNC3CCNC3)cc2N1. The summed E-state index contributed by atoms with van der Waals surface area (Å²) in [5.41, 5.74) is 2.18. The van der Waals surface area contributed by atoms with Crippen molar-refractivity contribution in [3.05, 3.63) is 23.8 Å². The average molecular weight is 263 g/mol. The number of benzene rings is 1. The summed E-state index contributed by atoms with van der Waals surface area (Å²) >= 11 is 1.61. The predicted molar refractivity (Wildman–Crippen MR) is 73.9 cm³/mol. The van der Waals surface area contributed by atoms with Crippen LogP contribution in [0.1, 0.15) is 12.0 Å². The predicted octanol–water partition coefficient (Wildman–Crippen LogP) is 1.18. The molecule has 18 heavy (non-hydrogen) atoms. The van der Waals surface area contributed by atoms with E-state index in [4.69, 9.17) is 0 Å². The molecule has 0 saturated carbocycles. The van der Waals surface area contributed by atoms with Crippen LogP contribution < -0.4 is 16.0 Å². The summed E-state index contributed by atoms with van der Waals surface area (Å²) in [5, 5.41) is 9.80. The van der Waals surface area contributed by atoms with E-state index < -0.39 is 0 Å². The van der Waals surface area contributed by atoms with Crippen molar-refractivity contribution in [1.29, 1.82) is 0 Å². The third-order valence-corrected chi connectivity index (χ3v) is 4.41. The molecule has 3 rings (SSSR count). The number of rotatable bonds is 3. The van der Waals surface area contributed by atoms with Crippen molar-refractivity contribution in [3.8, 4) is 0 Å². The molecular formula is C13H17N3OS. The van der Waals surface area contributed by atoms with Gasteiger partial charge in [0.2, 0.25) is 5.91 Å². The zero-order valence-corrected chi connectivity index (χ0v) is 11.0. The number of thioether (sulfide) groups is 1. The summed E-state index contributed by atoms with van der Waals surface area (Å²) < 4.78 is 0. The van der Waals surface area contributed by atoms with E-state index in [0.29, 0.717) is 11.8 Å². The third kappa shape index (κ3) is 2.68. The molecule has 3 N–H and O–H groups in total. The summed E-state index contributed by atoms with van der Waals surface area (Å²) in [5.74, 6) is 0.621. The number of fused-ring (bicyclic) bond motifs is 1. The Morgan fingerprint density at radius 2 is 2.39 bits per heavy atom. The van der Waals surface area contributed by atoms with Gasteiger partial charge in [0.1, 0.15) is 0 Å². The molecule has 1 amide bonds. The summed E-state index contributed by atoms with van der Waals surface area (Å²) in [6.07, 6.45) is 1.19. The molecule has 1 fully saturated rings. The minimum atomic E-state index is 0.0950. The van der Waals surface area contributed by atoms with Crippen LogP contribution in [0.2, 0.25) is 0 Å². The van der Waals surface area contributed by atoms with Crippen LogP contribution in [0, 0.1) is 0 Å². The molecule has 1 aromatic carbocycles. The highest BCUT2D eigenvalue weighted by Gasteiger charge is 2.16. The molecule has 2 aliphatic rings. The molecule has 2 aliphatic heterocycles. The maximum absolute atomic E-state index is 11.3. The average Bonchev–Trinajstić information content (AvgIpc) is 2.89. The van der Waals surface area contributed by atoms with Gasteiger partial charge in [-0.15, -0.1) is 11.8 Å². The first kappa shape index (κ1) is 12.0. The highest BCUT2D eigenvalue weighted by Crippen LogP contribution is 2.31. The molecule has 1 unspecified atom stereocenters. The van der Waals surface area contributed by atoms with Crippen LogP contribution in [-0.2, 0) is 11.3 Å². The molecular weight excluding hydrogens is 246 g/mol. The fourth-order valence-electron chi connectivity index (χ4n) is 2.33. The molecule has 5 heteroatoms. The molecule has 0 radical (unpaired) electrons. The van der Waals surface area contributed by atoms with Crippen molar-refractivity contribution in [2.45, 2.75) is 23.9 Å². The Labute approximate surface area is 111 Å². The van der Waals surface area contributed by atoms with Gasteiger partial charge >= 0.3 is 0 Å². The Kier molecular flexibility index (Phi) is 3.54. The maximum atomic E-state index is 11.3. The summed E-state index contributed by atoms with van der Waals surface area (Å²) in [6.45, 7) is 3.02. The van der Waals surface area contributed by atoms with Gasteiger partial charge < -0.3 is 16.0 Å². The number of anilines is 1.